The van der Waals surface area contributed by atoms with Crippen LogP contribution in [0.3, 0.4) is 0 Å². The van der Waals surface area contributed by atoms with Crippen molar-refractivity contribution in [2.45, 2.75) is 50.8 Å². The average Bonchev–Trinajstić information content (AvgIpc) is 2.70. The number of carbonyl (C=O) groups excluding carboxylic acids is 2. The van der Waals surface area contributed by atoms with Gasteiger partial charge in [-0.1, -0.05) is 11.6 Å². The Labute approximate surface area is 120 Å². The zero-order valence-electron chi connectivity index (χ0n) is 11.4. The largest absolute Gasteiger partial charge is 0.448 e. The number of rotatable bonds is 2. The Bertz CT molecular complexity index is 438. The fourth-order valence-corrected chi connectivity index (χ4v) is 2.61. The topological polar surface area (TPSA) is 55.8 Å². The van der Waals surface area contributed by atoms with E-state index in [4.69, 9.17) is 16.3 Å². The van der Waals surface area contributed by atoms with Crippen LogP contribution < -0.4 is 0 Å². The molecule has 0 aromatic heterocycles. The quantitative estimate of drug-likeness (QED) is 0.580. The molecule has 5 nitrogen and oxygen atoms in total. The second-order valence-electron chi connectivity index (χ2n) is 5.94. The van der Waals surface area contributed by atoms with Crippen LogP contribution in [0.1, 0.15) is 27.2 Å². The van der Waals surface area contributed by atoms with Crippen LogP contribution in [-0.4, -0.2) is 46.6 Å². The van der Waals surface area contributed by atoms with Crippen LogP contribution in [0.5, 0.6) is 0 Å². The van der Waals surface area contributed by atoms with Crippen molar-refractivity contribution in [2.75, 3.05) is 6.07 Å². The number of hydrogen-bond acceptors (Lipinski definition) is 4. The van der Waals surface area contributed by atoms with E-state index < -0.39 is 41.6 Å². The average molecular weight is 312 g/mol. The van der Waals surface area contributed by atoms with Gasteiger partial charge in [0.15, 0.2) is 6.07 Å². The lowest BCUT2D eigenvalue weighted by Gasteiger charge is -2.30. The van der Waals surface area contributed by atoms with Crippen molar-refractivity contribution in [1.82, 2.24) is 4.90 Å². The highest BCUT2D eigenvalue weighted by molar-refractivity contribution is 6.17. The van der Waals surface area contributed by atoms with E-state index in [2.05, 4.69) is 4.74 Å². The number of likely N-dealkylation sites (tertiary alicyclic amines) is 1. The molecule has 0 aromatic carbocycles. The monoisotopic (exact) mass is 311 g/mol. The van der Waals surface area contributed by atoms with Gasteiger partial charge in [0.2, 0.25) is 0 Å². The molecule has 1 amide bonds. The van der Waals surface area contributed by atoms with Gasteiger partial charge in [-0.05, 0) is 27.2 Å². The Morgan fingerprint density at radius 2 is 2.00 bits per heavy atom. The van der Waals surface area contributed by atoms with Crippen molar-refractivity contribution in [3.63, 3.8) is 0 Å². The number of alkyl halides is 3. The van der Waals surface area contributed by atoms with Crippen molar-refractivity contribution in [3.8, 4) is 0 Å². The molecule has 1 aliphatic carbocycles. The van der Waals surface area contributed by atoms with Gasteiger partial charge in [0.1, 0.15) is 17.7 Å². The molecule has 2 rings (SSSR count). The van der Waals surface area contributed by atoms with Gasteiger partial charge in [-0.25, -0.2) is 18.4 Å². The van der Waals surface area contributed by atoms with E-state index in [1.807, 2.05) is 0 Å². The molecule has 1 saturated heterocycles. The van der Waals surface area contributed by atoms with Crippen LogP contribution in [0.25, 0.3) is 0 Å². The van der Waals surface area contributed by atoms with Gasteiger partial charge in [-0.15, -0.1) is 0 Å². The summed E-state index contributed by atoms with van der Waals surface area (Å²) in [5, 5.41) is 0. The fourth-order valence-electron chi connectivity index (χ4n) is 2.50. The van der Waals surface area contributed by atoms with E-state index >= 15 is 0 Å². The Morgan fingerprint density at radius 3 is 2.50 bits per heavy atom. The summed E-state index contributed by atoms with van der Waals surface area (Å²) in [6, 6.07) is -2.73. The highest BCUT2D eigenvalue weighted by Gasteiger charge is 2.78. The first kappa shape index (κ1) is 15.3. The zero-order valence-corrected chi connectivity index (χ0v) is 12.1. The standard InChI is InChI=1S/C12H16ClF2NO4/c1-11(2,3)20-10(18)16-7(9(17)19-5-13)4-6-8(16)12(6,14)15/h6-8H,4-5H2,1-3H3. The molecule has 2 fully saturated rings. The number of nitrogens with zero attached hydrogens (tertiary/aromatic N) is 1. The molecule has 114 valence electrons. The van der Waals surface area contributed by atoms with Gasteiger partial charge >= 0.3 is 12.1 Å². The van der Waals surface area contributed by atoms with Crippen LogP contribution in [-0.2, 0) is 14.3 Å². The molecular weight excluding hydrogens is 296 g/mol. The predicted octanol–water partition coefficient (Wildman–Crippen LogP) is 2.37. The van der Waals surface area contributed by atoms with E-state index in [9.17, 15) is 18.4 Å². The number of esters is 1. The van der Waals surface area contributed by atoms with Crippen molar-refractivity contribution in [2.24, 2.45) is 5.92 Å². The van der Waals surface area contributed by atoms with Crippen molar-refractivity contribution in [1.29, 1.82) is 0 Å². The third-order valence-electron chi connectivity index (χ3n) is 3.35. The summed E-state index contributed by atoms with van der Waals surface area (Å²) in [5.41, 5.74) is -0.833. The SMILES string of the molecule is CC(C)(C)OC(=O)N1C(C(=O)OCCl)CC2C1C2(F)F. The summed E-state index contributed by atoms with van der Waals surface area (Å²) in [4.78, 5) is 24.5. The number of fused-ring (bicyclic) bond motifs is 1. The summed E-state index contributed by atoms with van der Waals surface area (Å²) >= 11 is 5.29. The van der Waals surface area contributed by atoms with Gasteiger partial charge in [-0.2, -0.15) is 0 Å². The molecule has 0 aromatic rings. The summed E-state index contributed by atoms with van der Waals surface area (Å²) in [6.45, 7) is 4.86. The van der Waals surface area contributed by atoms with Crippen molar-refractivity contribution in [3.05, 3.63) is 0 Å². The molecule has 3 atom stereocenters. The Kier molecular flexibility index (Phi) is 3.60. The van der Waals surface area contributed by atoms with Gasteiger partial charge in [0.25, 0.3) is 5.92 Å². The molecular formula is C12H16ClF2NO4. The molecule has 1 aliphatic heterocycles. The summed E-state index contributed by atoms with van der Waals surface area (Å²) in [5.74, 6) is -4.76. The van der Waals surface area contributed by atoms with Crippen LogP contribution in [0.15, 0.2) is 0 Å². The number of carbonyl (C=O) groups is 2. The van der Waals surface area contributed by atoms with Crippen LogP contribution in [0.2, 0.25) is 0 Å². The Morgan fingerprint density at radius 1 is 1.40 bits per heavy atom. The van der Waals surface area contributed by atoms with Crippen LogP contribution in [0, 0.1) is 5.92 Å². The predicted molar refractivity (Wildman–Crippen MR) is 65.5 cm³/mol. The van der Waals surface area contributed by atoms with Gasteiger partial charge < -0.3 is 9.47 Å². The third kappa shape index (κ3) is 2.55. The Hall–Kier alpha value is -1.11. The molecule has 0 radical (unpaired) electrons. The highest BCUT2D eigenvalue weighted by Crippen LogP contribution is 2.60. The molecule has 0 N–H and O–H groups in total. The van der Waals surface area contributed by atoms with E-state index in [1.54, 1.807) is 20.8 Å². The first-order chi connectivity index (χ1) is 9.09. The molecule has 8 heteroatoms. The van der Waals surface area contributed by atoms with E-state index in [-0.39, 0.29) is 12.5 Å². The van der Waals surface area contributed by atoms with E-state index in [1.165, 1.54) is 0 Å². The van der Waals surface area contributed by atoms with Crippen molar-refractivity contribution < 1.29 is 27.8 Å². The summed E-state index contributed by atoms with van der Waals surface area (Å²) in [6.07, 6.45) is -1.06. The van der Waals surface area contributed by atoms with E-state index in [0.29, 0.717) is 0 Å². The third-order valence-corrected chi connectivity index (χ3v) is 3.46. The molecule has 0 bridgehead atoms. The van der Waals surface area contributed by atoms with Crippen molar-refractivity contribution >= 4 is 23.7 Å². The fraction of sp³-hybridized carbons (Fsp3) is 0.833. The minimum absolute atomic E-state index is 0.132. The maximum Gasteiger partial charge on any atom is 0.411 e. The minimum Gasteiger partial charge on any atom is -0.448 e. The lowest BCUT2D eigenvalue weighted by atomic mass is 10.1. The number of amides is 1. The maximum atomic E-state index is 13.5. The molecule has 2 aliphatic rings. The molecule has 1 heterocycles. The smallest absolute Gasteiger partial charge is 0.411 e. The zero-order chi connectivity index (χ0) is 15.3. The summed E-state index contributed by atoms with van der Waals surface area (Å²) in [7, 11) is 0. The van der Waals surface area contributed by atoms with Gasteiger partial charge in [0.05, 0.1) is 5.92 Å². The second kappa shape index (κ2) is 4.72. The number of halogens is 3. The molecule has 3 unspecified atom stereocenters. The Balaban J connectivity index is 2.15. The molecule has 0 spiro atoms. The van der Waals surface area contributed by atoms with Crippen LogP contribution in [0.4, 0.5) is 13.6 Å². The first-order valence-electron chi connectivity index (χ1n) is 6.21. The van der Waals surface area contributed by atoms with Gasteiger partial charge in [-0.3, -0.25) is 4.90 Å². The highest BCUT2D eigenvalue weighted by atomic mass is 35.5. The number of piperidine rings is 1. The number of ether oxygens (including phenoxy) is 2. The van der Waals surface area contributed by atoms with Crippen LogP contribution >= 0.6 is 11.6 Å². The first-order valence-corrected chi connectivity index (χ1v) is 6.74. The lowest BCUT2D eigenvalue weighted by molar-refractivity contribution is -0.148. The van der Waals surface area contributed by atoms with E-state index in [0.717, 1.165) is 4.90 Å². The lowest BCUT2D eigenvalue weighted by Crippen LogP contribution is -2.48. The molecule has 20 heavy (non-hydrogen) atoms. The normalized spacial score (nSPS) is 30.7. The summed E-state index contributed by atoms with van der Waals surface area (Å²) < 4.78 is 36.6. The number of hydrogen-bond donors (Lipinski definition) is 0. The van der Waals surface area contributed by atoms with Gasteiger partial charge in [0, 0.05) is 0 Å². The maximum absolute atomic E-state index is 13.5. The molecule has 1 saturated carbocycles. The minimum atomic E-state index is -2.96. The second-order valence-corrected chi connectivity index (χ2v) is 6.16.